The minimum atomic E-state index is -0.796. The Balaban J connectivity index is 1.47. The van der Waals surface area contributed by atoms with Crippen LogP contribution in [0.1, 0.15) is 38.8 Å². The first kappa shape index (κ1) is 24.5. The van der Waals surface area contributed by atoms with E-state index in [-0.39, 0.29) is 35.6 Å². The van der Waals surface area contributed by atoms with Gasteiger partial charge in [0.2, 0.25) is 0 Å². The summed E-state index contributed by atoms with van der Waals surface area (Å²) in [5.74, 6) is -1.80. The van der Waals surface area contributed by atoms with Gasteiger partial charge in [0.25, 0.3) is 0 Å². The zero-order valence-corrected chi connectivity index (χ0v) is 21.4. The van der Waals surface area contributed by atoms with Gasteiger partial charge in [0.05, 0.1) is 25.0 Å². The van der Waals surface area contributed by atoms with Crippen molar-refractivity contribution in [1.29, 1.82) is 0 Å². The van der Waals surface area contributed by atoms with Crippen molar-refractivity contribution >= 4 is 22.9 Å². The van der Waals surface area contributed by atoms with E-state index in [1.54, 1.807) is 0 Å². The molecule has 0 radical (unpaired) electrons. The molecule has 0 saturated heterocycles. The van der Waals surface area contributed by atoms with Gasteiger partial charge in [-0.25, -0.2) is 0 Å². The molecule has 0 bridgehead atoms. The van der Waals surface area contributed by atoms with E-state index in [2.05, 4.69) is 39.8 Å². The Labute approximate surface area is 212 Å². The third-order valence-corrected chi connectivity index (χ3v) is 8.12. The molecule has 188 valence electrons. The van der Waals surface area contributed by atoms with Crippen molar-refractivity contribution in [3.05, 3.63) is 83.2 Å². The van der Waals surface area contributed by atoms with Gasteiger partial charge in [-0.3, -0.25) is 9.59 Å². The van der Waals surface area contributed by atoms with Crippen LogP contribution >= 0.6 is 0 Å². The molecule has 36 heavy (non-hydrogen) atoms. The molecule has 1 aliphatic carbocycles. The highest BCUT2D eigenvalue weighted by molar-refractivity contribution is 6.26. The smallest absolute Gasteiger partial charge is 0.161 e. The predicted octanol–water partition coefficient (Wildman–Crippen LogP) is 3.72. The van der Waals surface area contributed by atoms with Crippen LogP contribution in [0.5, 0.6) is 0 Å². The molecular formula is C30H34N2O4. The minimum absolute atomic E-state index is 0.0284. The van der Waals surface area contributed by atoms with Gasteiger partial charge in [-0.15, -0.1) is 0 Å². The number of β-amino-alcohol motifs (C(OH)–C–C–N with tert-alkyl or cyclic N) is 2. The molecule has 0 aromatic heterocycles. The van der Waals surface area contributed by atoms with Crippen LogP contribution in [0.2, 0.25) is 0 Å². The standard InChI is InChI=1S/C30H34N2O4/c1-29(2)21-9-5-7-11-23(21)31(13-15-33)25(29)17-19-27(35)20(28(19)36)18-26-30(3,4)22-10-6-8-12-24(22)32(26)14-16-34/h5-12,17-20,33-34H,13-16H2,1-4H3. The topological polar surface area (TPSA) is 81.1 Å². The second-order valence-corrected chi connectivity index (χ2v) is 10.9. The van der Waals surface area contributed by atoms with Gasteiger partial charge in [0, 0.05) is 46.7 Å². The van der Waals surface area contributed by atoms with Gasteiger partial charge in [-0.05, 0) is 35.4 Å². The van der Waals surface area contributed by atoms with E-state index in [1.165, 1.54) is 0 Å². The molecule has 6 heteroatoms. The lowest BCUT2D eigenvalue weighted by atomic mass is 9.69. The van der Waals surface area contributed by atoms with Crippen molar-refractivity contribution in [3.8, 4) is 0 Å². The molecule has 2 heterocycles. The van der Waals surface area contributed by atoms with Crippen molar-refractivity contribution in [2.24, 2.45) is 11.8 Å². The highest BCUT2D eigenvalue weighted by Gasteiger charge is 2.51. The van der Waals surface area contributed by atoms with E-state index in [9.17, 15) is 19.8 Å². The molecule has 5 rings (SSSR count). The number of anilines is 2. The first-order valence-electron chi connectivity index (χ1n) is 12.6. The monoisotopic (exact) mass is 486 g/mol. The Morgan fingerprint density at radius 3 is 1.42 bits per heavy atom. The van der Waals surface area contributed by atoms with Crippen LogP contribution in [-0.4, -0.2) is 48.1 Å². The Morgan fingerprint density at radius 1 is 0.694 bits per heavy atom. The summed E-state index contributed by atoms with van der Waals surface area (Å²) in [7, 11) is 0. The molecule has 2 aromatic rings. The molecule has 0 atom stereocenters. The highest BCUT2D eigenvalue weighted by atomic mass is 16.3. The maximum Gasteiger partial charge on any atom is 0.161 e. The number of Topliss-reactive ketones (excluding diaryl/α,β-unsaturated/α-hetero) is 2. The first-order valence-corrected chi connectivity index (χ1v) is 12.6. The van der Waals surface area contributed by atoms with Crippen molar-refractivity contribution < 1.29 is 19.8 Å². The van der Waals surface area contributed by atoms with Gasteiger partial charge < -0.3 is 20.0 Å². The molecule has 0 amide bonds. The number of benzene rings is 2. The number of para-hydroxylation sites is 2. The summed E-state index contributed by atoms with van der Waals surface area (Å²) < 4.78 is 0. The van der Waals surface area contributed by atoms with E-state index in [0.29, 0.717) is 13.1 Å². The van der Waals surface area contributed by atoms with Crippen LogP contribution in [0.25, 0.3) is 0 Å². The first-order chi connectivity index (χ1) is 17.1. The number of hydrogen-bond donors (Lipinski definition) is 2. The Kier molecular flexibility index (Phi) is 5.92. The molecule has 1 fully saturated rings. The molecule has 1 saturated carbocycles. The molecule has 3 aliphatic rings. The summed E-state index contributed by atoms with van der Waals surface area (Å²) in [4.78, 5) is 30.9. The summed E-state index contributed by atoms with van der Waals surface area (Å²) in [5, 5.41) is 19.4. The van der Waals surface area contributed by atoms with E-state index >= 15 is 0 Å². The number of nitrogens with zero attached hydrogens (tertiary/aromatic N) is 2. The SMILES string of the molecule is CC1(C)C(=CC2C(=O)C(C=C3N(CCO)c4ccccc4C3(C)C)C2=O)N(CCO)c2ccccc21. The lowest BCUT2D eigenvalue weighted by molar-refractivity contribution is -0.146. The van der Waals surface area contributed by atoms with E-state index in [4.69, 9.17) is 0 Å². The van der Waals surface area contributed by atoms with Crippen LogP contribution in [-0.2, 0) is 20.4 Å². The van der Waals surface area contributed by atoms with Crippen LogP contribution in [0, 0.1) is 11.8 Å². The predicted molar refractivity (Wildman–Crippen MR) is 141 cm³/mol. The molecule has 6 nitrogen and oxygen atoms in total. The van der Waals surface area contributed by atoms with Crippen molar-refractivity contribution in [3.63, 3.8) is 0 Å². The third-order valence-electron chi connectivity index (χ3n) is 8.12. The Bertz CT molecular complexity index is 1180. The molecule has 2 aliphatic heterocycles. The third kappa shape index (κ3) is 3.46. The van der Waals surface area contributed by atoms with E-state index < -0.39 is 11.8 Å². The summed E-state index contributed by atoms with van der Waals surface area (Å²) in [6, 6.07) is 16.1. The van der Waals surface area contributed by atoms with Gasteiger partial charge in [0.1, 0.15) is 0 Å². The Hall–Kier alpha value is -3.22. The molecule has 2 aromatic carbocycles. The van der Waals surface area contributed by atoms with E-state index in [0.717, 1.165) is 33.9 Å². The molecule has 0 unspecified atom stereocenters. The fourth-order valence-electron chi connectivity index (χ4n) is 6.18. The van der Waals surface area contributed by atoms with Crippen LogP contribution < -0.4 is 9.80 Å². The number of hydrogen-bond acceptors (Lipinski definition) is 6. The summed E-state index contributed by atoms with van der Waals surface area (Å²) >= 11 is 0. The zero-order chi connectivity index (χ0) is 25.8. The Morgan fingerprint density at radius 2 is 1.06 bits per heavy atom. The van der Waals surface area contributed by atoms with Crippen LogP contribution in [0.15, 0.2) is 72.1 Å². The fourth-order valence-corrected chi connectivity index (χ4v) is 6.18. The van der Waals surface area contributed by atoms with Gasteiger partial charge in [0.15, 0.2) is 11.6 Å². The summed E-state index contributed by atoms with van der Waals surface area (Å²) in [5.41, 5.74) is 5.24. The fraction of sp³-hybridized carbons (Fsp3) is 0.400. The minimum Gasteiger partial charge on any atom is -0.395 e. The number of fused-ring (bicyclic) bond motifs is 2. The number of allylic oxidation sites excluding steroid dienone is 4. The lowest BCUT2D eigenvalue weighted by Gasteiger charge is -2.34. The molecule has 2 N–H and O–H groups in total. The van der Waals surface area contributed by atoms with Gasteiger partial charge in [-0.2, -0.15) is 0 Å². The lowest BCUT2D eigenvalue weighted by Crippen LogP contribution is -2.48. The maximum absolute atomic E-state index is 13.4. The number of rotatable bonds is 6. The van der Waals surface area contributed by atoms with Crippen LogP contribution in [0.4, 0.5) is 11.4 Å². The average Bonchev–Trinajstić information content (AvgIpc) is 3.20. The number of ketones is 2. The van der Waals surface area contributed by atoms with E-state index in [1.807, 2.05) is 58.4 Å². The number of aliphatic hydroxyl groups is 2. The number of aliphatic hydroxyl groups excluding tert-OH is 2. The highest BCUT2D eigenvalue weighted by Crippen LogP contribution is 2.50. The summed E-state index contributed by atoms with van der Waals surface area (Å²) in [6.07, 6.45) is 3.63. The summed E-state index contributed by atoms with van der Waals surface area (Å²) in [6.45, 7) is 9.11. The van der Waals surface area contributed by atoms with Crippen LogP contribution in [0.3, 0.4) is 0 Å². The van der Waals surface area contributed by atoms with Crippen molar-refractivity contribution in [1.82, 2.24) is 0 Å². The molecule has 0 spiro atoms. The quantitative estimate of drug-likeness (QED) is 0.606. The molecular weight excluding hydrogens is 452 g/mol. The van der Waals surface area contributed by atoms with Crippen molar-refractivity contribution in [2.75, 3.05) is 36.1 Å². The zero-order valence-electron chi connectivity index (χ0n) is 21.4. The number of carbonyl (C=O) groups excluding carboxylic acids is 2. The second-order valence-electron chi connectivity index (χ2n) is 10.9. The normalized spacial score (nSPS) is 25.9. The van der Waals surface area contributed by atoms with Crippen molar-refractivity contribution in [2.45, 2.75) is 38.5 Å². The number of carbonyl (C=O) groups is 2. The van der Waals surface area contributed by atoms with Gasteiger partial charge >= 0.3 is 0 Å². The van der Waals surface area contributed by atoms with Gasteiger partial charge in [-0.1, -0.05) is 64.1 Å². The second kappa shape index (κ2) is 8.71. The largest absolute Gasteiger partial charge is 0.395 e. The maximum atomic E-state index is 13.4. The average molecular weight is 487 g/mol.